The zero-order valence-corrected chi connectivity index (χ0v) is 12.5. The van der Waals surface area contributed by atoms with Crippen molar-refractivity contribution in [2.24, 2.45) is 0 Å². The van der Waals surface area contributed by atoms with Crippen LogP contribution in [0.3, 0.4) is 0 Å². The number of rotatable bonds is 4. The Hall–Kier alpha value is -1.79. The maximum absolute atomic E-state index is 12.2. The van der Waals surface area contributed by atoms with Gasteiger partial charge in [-0.1, -0.05) is 16.4 Å². The molecule has 108 valence electrons. The summed E-state index contributed by atoms with van der Waals surface area (Å²) in [4.78, 5) is 2.70. The lowest BCUT2D eigenvalue weighted by Gasteiger charge is -2.05. The van der Waals surface area contributed by atoms with Gasteiger partial charge in [0.2, 0.25) is 11.9 Å². The van der Waals surface area contributed by atoms with Crippen molar-refractivity contribution < 1.29 is 25.5 Å². The molecule has 0 amide bonds. The lowest BCUT2D eigenvalue weighted by atomic mass is 10.3. The Morgan fingerprint density at radius 3 is 2.40 bits per heavy atom. The van der Waals surface area contributed by atoms with E-state index in [9.17, 15) is 8.42 Å². The maximum atomic E-state index is 12.2. The van der Waals surface area contributed by atoms with Crippen LogP contribution in [0.15, 0.2) is 53.6 Å². The highest BCUT2D eigenvalue weighted by atomic mass is 35.5. The molecule has 1 heterocycles. The number of aryl methyl sites for hydroxylation is 1. The first-order valence-electron chi connectivity index (χ1n) is 5.91. The highest BCUT2D eigenvalue weighted by molar-refractivity contribution is 7.92. The van der Waals surface area contributed by atoms with Crippen LogP contribution in [0.5, 0.6) is 0 Å². The summed E-state index contributed by atoms with van der Waals surface area (Å²) in [5.74, 6) is 0. The molecule has 20 heavy (non-hydrogen) atoms. The largest absolute Gasteiger partial charge is 1.00 e. The number of hydrogen-bond donors (Lipinski definition) is 2. The fourth-order valence-electron chi connectivity index (χ4n) is 1.68. The van der Waals surface area contributed by atoms with E-state index in [1.807, 2.05) is 19.1 Å². The standard InChI is InChI=1S/C13H16N3O2S.ClH/c1-2-12-5-3-4-10-16(12)15-19(17,18)13-8-6-11(14)7-9-13;/h3-10,15H,2,14H2,1H3;1H/q+1;/p-1. The molecule has 0 saturated carbocycles. The van der Waals surface area contributed by atoms with E-state index in [2.05, 4.69) is 4.83 Å². The number of anilines is 1. The number of pyridine rings is 1. The first-order chi connectivity index (χ1) is 9.03. The number of nitrogens with one attached hydrogen (secondary N) is 1. The van der Waals surface area contributed by atoms with Crippen LogP contribution in [0.4, 0.5) is 5.69 Å². The van der Waals surface area contributed by atoms with Gasteiger partial charge in [-0.15, -0.1) is 0 Å². The molecule has 2 aromatic rings. The lowest BCUT2D eigenvalue weighted by molar-refractivity contribution is -0.644. The average molecular weight is 314 g/mol. The molecule has 3 N–H and O–H groups in total. The summed E-state index contributed by atoms with van der Waals surface area (Å²) in [5, 5.41) is 0. The molecule has 0 atom stereocenters. The molecule has 0 unspecified atom stereocenters. The van der Waals surface area contributed by atoms with Gasteiger partial charge in [0.25, 0.3) is 0 Å². The zero-order valence-electron chi connectivity index (χ0n) is 11.0. The third kappa shape index (κ3) is 3.61. The van der Waals surface area contributed by atoms with E-state index in [4.69, 9.17) is 5.73 Å². The second-order valence-electron chi connectivity index (χ2n) is 4.08. The van der Waals surface area contributed by atoms with Crippen molar-refractivity contribution in [3.05, 3.63) is 54.4 Å². The van der Waals surface area contributed by atoms with Crippen molar-refractivity contribution >= 4 is 15.7 Å². The number of sulfonamides is 1. The third-order valence-electron chi connectivity index (χ3n) is 2.72. The second-order valence-corrected chi connectivity index (χ2v) is 5.74. The highest BCUT2D eigenvalue weighted by Crippen LogP contribution is 2.11. The Kier molecular flexibility index (Phi) is 5.35. The van der Waals surface area contributed by atoms with Gasteiger partial charge in [0.1, 0.15) is 0 Å². The molecular weight excluding hydrogens is 298 g/mol. The predicted molar refractivity (Wildman–Crippen MR) is 73.4 cm³/mol. The normalized spacial score (nSPS) is 10.7. The van der Waals surface area contributed by atoms with Gasteiger partial charge in [-0.3, -0.25) is 0 Å². The number of halogens is 1. The fraction of sp³-hybridized carbons (Fsp3) is 0.154. The highest BCUT2D eigenvalue weighted by Gasteiger charge is 2.20. The third-order valence-corrected chi connectivity index (χ3v) is 4.05. The van der Waals surface area contributed by atoms with Crippen LogP contribution >= 0.6 is 0 Å². The van der Waals surface area contributed by atoms with Crippen LogP contribution in [0, 0.1) is 0 Å². The van der Waals surface area contributed by atoms with Crippen LogP contribution in [-0.4, -0.2) is 8.42 Å². The average Bonchev–Trinajstić information content (AvgIpc) is 2.39. The Labute approximate surface area is 124 Å². The van der Waals surface area contributed by atoms with E-state index in [0.29, 0.717) is 5.69 Å². The fourth-order valence-corrected chi connectivity index (χ4v) is 2.72. The van der Waals surface area contributed by atoms with Gasteiger partial charge in [0, 0.05) is 24.2 Å². The molecule has 0 spiro atoms. The summed E-state index contributed by atoms with van der Waals surface area (Å²) in [7, 11) is -3.61. The van der Waals surface area contributed by atoms with Gasteiger partial charge in [-0.25, -0.2) is 0 Å². The quantitative estimate of drug-likeness (QED) is 0.509. The Bertz CT molecular complexity index is 672. The molecule has 0 aliphatic rings. The molecule has 0 bridgehead atoms. The second kappa shape index (κ2) is 6.58. The van der Waals surface area contributed by atoms with Gasteiger partial charge in [0.15, 0.2) is 0 Å². The Morgan fingerprint density at radius 1 is 1.15 bits per heavy atom. The molecule has 0 radical (unpaired) electrons. The smallest absolute Gasteiger partial charge is 0.306 e. The molecule has 0 aliphatic heterocycles. The summed E-state index contributed by atoms with van der Waals surface area (Å²) in [6.07, 6.45) is 2.40. The first-order valence-corrected chi connectivity index (χ1v) is 7.39. The van der Waals surface area contributed by atoms with Crippen LogP contribution in [0.25, 0.3) is 0 Å². The summed E-state index contributed by atoms with van der Waals surface area (Å²) < 4.78 is 25.9. The molecule has 2 rings (SSSR count). The van der Waals surface area contributed by atoms with Gasteiger partial charge >= 0.3 is 10.0 Å². The van der Waals surface area contributed by atoms with Gasteiger partial charge in [-0.2, -0.15) is 8.42 Å². The van der Waals surface area contributed by atoms with Crippen LogP contribution in [-0.2, 0) is 16.4 Å². The molecule has 7 heteroatoms. The SMILES string of the molecule is CCc1cccc[n+]1NS(=O)(=O)c1ccc(N)cc1.[Cl-]. The van der Waals surface area contributed by atoms with Gasteiger partial charge in [0.05, 0.1) is 4.90 Å². The van der Waals surface area contributed by atoms with Crippen molar-refractivity contribution in [1.82, 2.24) is 0 Å². The summed E-state index contributed by atoms with van der Waals surface area (Å²) >= 11 is 0. The van der Waals surface area contributed by atoms with Crippen molar-refractivity contribution in [2.45, 2.75) is 18.2 Å². The van der Waals surface area contributed by atoms with Gasteiger partial charge in [-0.05, 0) is 30.3 Å². The number of benzene rings is 1. The minimum absolute atomic E-state index is 0. The minimum atomic E-state index is -3.61. The number of nitrogen functional groups attached to an aromatic ring is 1. The molecule has 5 nitrogen and oxygen atoms in total. The predicted octanol–water partition coefficient (Wildman–Crippen LogP) is -1.94. The van der Waals surface area contributed by atoms with E-state index >= 15 is 0 Å². The minimum Gasteiger partial charge on any atom is -1.00 e. The number of hydrogen-bond acceptors (Lipinski definition) is 3. The Morgan fingerprint density at radius 2 is 1.80 bits per heavy atom. The topological polar surface area (TPSA) is 76.1 Å². The molecule has 1 aromatic carbocycles. The Balaban J connectivity index is 0.00000200. The molecule has 1 aromatic heterocycles. The van der Waals surface area contributed by atoms with Crippen LogP contribution in [0.2, 0.25) is 0 Å². The number of aromatic nitrogens is 1. The summed E-state index contributed by atoms with van der Waals surface area (Å²) in [6.45, 7) is 1.96. The number of nitrogens with two attached hydrogens (primary N) is 1. The number of nitrogens with zero attached hydrogens (tertiary/aromatic N) is 1. The van der Waals surface area contributed by atoms with E-state index in [1.165, 1.54) is 16.8 Å². The first kappa shape index (κ1) is 16.3. The lowest BCUT2D eigenvalue weighted by Crippen LogP contribution is -3.00. The van der Waals surface area contributed by atoms with Crippen molar-refractivity contribution in [3.8, 4) is 0 Å². The van der Waals surface area contributed by atoms with E-state index in [0.717, 1.165) is 12.1 Å². The monoisotopic (exact) mass is 313 g/mol. The summed E-state index contributed by atoms with van der Waals surface area (Å²) in [6, 6.07) is 11.6. The van der Waals surface area contributed by atoms with Crippen LogP contribution < -0.4 is 27.6 Å². The molecule has 0 fully saturated rings. The summed E-state index contributed by atoms with van der Waals surface area (Å²) in [5.41, 5.74) is 6.95. The van der Waals surface area contributed by atoms with Crippen molar-refractivity contribution in [2.75, 3.05) is 10.6 Å². The van der Waals surface area contributed by atoms with Crippen molar-refractivity contribution in [1.29, 1.82) is 0 Å². The molecular formula is C13H16ClN3O2S. The van der Waals surface area contributed by atoms with E-state index in [-0.39, 0.29) is 17.3 Å². The van der Waals surface area contributed by atoms with Gasteiger partial charge < -0.3 is 18.1 Å². The zero-order chi connectivity index (χ0) is 13.9. The van der Waals surface area contributed by atoms with E-state index in [1.54, 1.807) is 24.4 Å². The molecule has 0 aliphatic carbocycles. The maximum Gasteiger partial charge on any atom is 0.306 e. The van der Waals surface area contributed by atoms with Crippen LogP contribution in [0.1, 0.15) is 12.6 Å². The molecule has 0 saturated heterocycles. The van der Waals surface area contributed by atoms with Crippen molar-refractivity contribution in [3.63, 3.8) is 0 Å². The van der Waals surface area contributed by atoms with E-state index < -0.39 is 10.0 Å².